The first-order valence-electron chi connectivity index (χ1n) is 6.86. The third-order valence-electron chi connectivity index (χ3n) is 4.02. The van der Waals surface area contributed by atoms with Gasteiger partial charge in [-0.25, -0.2) is 0 Å². The van der Waals surface area contributed by atoms with Crippen molar-refractivity contribution in [3.63, 3.8) is 0 Å². The maximum Gasteiger partial charge on any atom is 0.0300 e. The summed E-state index contributed by atoms with van der Waals surface area (Å²) in [5.41, 5.74) is 2.67. The van der Waals surface area contributed by atoms with Crippen molar-refractivity contribution in [2.24, 2.45) is 11.8 Å². The molecule has 0 saturated heterocycles. The normalized spacial score (nSPS) is 24.8. The van der Waals surface area contributed by atoms with Crippen molar-refractivity contribution in [1.29, 1.82) is 0 Å². The average Bonchev–Trinajstić information content (AvgIpc) is 2.34. The quantitative estimate of drug-likeness (QED) is 0.861. The summed E-state index contributed by atoms with van der Waals surface area (Å²) < 4.78 is 0. The lowest BCUT2D eigenvalue weighted by Crippen LogP contribution is -2.26. The van der Waals surface area contributed by atoms with Crippen LogP contribution in [0.5, 0.6) is 0 Å². The molecule has 1 saturated carbocycles. The molecule has 1 aromatic rings. The van der Waals surface area contributed by atoms with Gasteiger partial charge in [-0.2, -0.15) is 0 Å². The minimum absolute atomic E-state index is 0.897. The highest BCUT2D eigenvalue weighted by Gasteiger charge is 2.17. The van der Waals surface area contributed by atoms with Gasteiger partial charge in [0.15, 0.2) is 0 Å². The highest BCUT2D eigenvalue weighted by Crippen LogP contribution is 2.27. The summed E-state index contributed by atoms with van der Waals surface area (Å²) in [6, 6.07) is 2.12. The van der Waals surface area contributed by atoms with Crippen LogP contribution in [0.25, 0.3) is 0 Å². The summed E-state index contributed by atoms with van der Waals surface area (Å²) in [6.45, 7) is 6.67. The molecule has 1 aromatic heterocycles. The van der Waals surface area contributed by atoms with Crippen molar-refractivity contribution in [3.8, 4) is 0 Å². The van der Waals surface area contributed by atoms with Crippen molar-refractivity contribution >= 4 is 0 Å². The summed E-state index contributed by atoms with van der Waals surface area (Å²) in [5, 5.41) is 3.60. The minimum Gasteiger partial charge on any atom is -0.312 e. The zero-order valence-corrected chi connectivity index (χ0v) is 11.1. The van der Waals surface area contributed by atoms with Crippen LogP contribution in [0.1, 0.15) is 43.7 Å². The summed E-state index contributed by atoms with van der Waals surface area (Å²) in [4.78, 5) is 4.12. The number of nitrogens with one attached hydrogen (secondary N) is 1. The summed E-state index contributed by atoms with van der Waals surface area (Å²) in [5.74, 6) is 1.85. The van der Waals surface area contributed by atoms with Gasteiger partial charge in [-0.15, -0.1) is 0 Å². The van der Waals surface area contributed by atoms with Gasteiger partial charge in [0.05, 0.1) is 0 Å². The first kappa shape index (κ1) is 12.6. The molecule has 1 aliphatic rings. The van der Waals surface area contributed by atoms with Crippen LogP contribution >= 0.6 is 0 Å². The molecule has 1 N–H and O–H groups in total. The van der Waals surface area contributed by atoms with E-state index in [1.54, 1.807) is 0 Å². The maximum atomic E-state index is 4.12. The molecule has 0 radical (unpaired) electrons. The molecule has 0 spiro atoms. The molecule has 1 fully saturated rings. The van der Waals surface area contributed by atoms with E-state index in [-0.39, 0.29) is 0 Å². The van der Waals surface area contributed by atoms with Crippen LogP contribution in [0.15, 0.2) is 18.5 Å². The van der Waals surface area contributed by atoms with E-state index in [4.69, 9.17) is 0 Å². The zero-order chi connectivity index (χ0) is 12.1. The summed E-state index contributed by atoms with van der Waals surface area (Å²) in [6.07, 6.45) is 9.47. The topological polar surface area (TPSA) is 24.9 Å². The Morgan fingerprint density at radius 2 is 2.06 bits per heavy atom. The van der Waals surface area contributed by atoms with Crippen molar-refractivity contribution < 1.29 is 0 Å². The Bertz CT molecular complexity index is 341. The number of aryl methyl sites for hydroxylation is 1. The molecule has 0 amide bonds. The second-order valence-electron chi connectivity index (χ2n) is 5.56. The van der Waals surface area contributed by atoms with Gasteiger partial charge in [0.1, 0.15) is 0 Å². The zero-order valence-electron chi connectivity index (χ0n) is 11.1. The number of aromatic nitrogens is 1. The van der Waals surface area contributed by atoms with Gasteiger partial charge in [0.2, 0.25) is 0 Å². The molecule has 0 aromatic carbocycles. The Morgan fingerprint density at radius 1 is 1.29 bits per heavy atom. The number of hydrogen-bond donors (Lipinski definition) is 1. The van der Waals surface area contributed by atoms with Gasteiger partial charge in [-0.05, 0) is 55.3 Å². The lowest BCUT2D eigenvalue weighted by Gasteiger charge is -2.26. The average molecular weight is 232 g/mol. The van der Waals surface area contributed by atoms with Crippen LogP contribution < -0.4 is 5.32 Å². The lowest BCUT2D eigenvalue weighted by molar-refractivity contribution is 0.281. The Morgan fingerprint density at radius 3 is 2.76 bits per heavy atom. The van der Waals surface area contributed by atoms with Crippen molar-refractivity contribution in [3.05, 3.63) is 29.6 Å². The predicted molar refractivity (Wildman–Crippen MR) is 71.8 cm³/mol. The number of rotatable bonds is 4. The van der Waals surface area contributed by atoms with Gasteiger partial charge in [-0.3, -0.25) is 4.98 Å². The molecular formula is C15H24N2. The molecule has 0 atom stereocenters. The largest absolute Gasteiger partial charge is 0.312 e. The fourth-order valence-corrected chi connectivity index (χ4v) is 2.64. The SMILES string of the molecule is Cc1cnccc1CNCC1CCC(C)CC1. The van der Waals surface area contributed by atoms with Crippen molar-refractivity contribution in [2.45, 2.75) is 46.1 Å². The number of nitrogens with zero attached hydrogens (tertiary/aromatic N) is 1. The van der Waals surface area contributed by atoms with Gasteiger partial charge in [0, 0.05) is 18.9 Å². The molecule has 2 nitrogen and oxygen atoms in total. The molecule has 0 bridgehead atoms. The molecule has 0 aliphatic heterocycles. The van der Waals surface area contributed by atoms with E-state index >= 15 is 0 Å². The number of pyridine rings is 1. The minimum atomic E-state index is 0.897. The monoisotopic (exact) mass is 232 g/mol. The van der Waals surface area contributed by atoms with E-state index in [0.29, 0.717) is 0 Å². The molecule has 2 rings (SSSR count). The fraction of sp³-hybridized carbons (Fsp3) is 0.667. The molecule has 94 valence electrons. The van der Waals surface area contributed by atoms with E-state index in [2.05, 4.69) is 30.2 Å². The summed E-state index contributed by atoms with van der Waals surface area (Å²) in [7, 11) is 0. The standard InChI is InChI=1S/C15H24N2/c1-12-3-5-14(6-4-12)10-17-11-15-7-8-16-9-13(15)2/h7-9,12,14,17H,3-6,10-11H2,1-2H3. The van der Waals surface area contributed by atoms with E-state index in [1.165, 1.54) is 43.4 Å². The van der Waals surface area contributed by atoms with Gasteiger partial charge < -0.3 is 5.32 Å². The van der Waals surface area contributed by atoms with Crippen LogP contribution in [0.2, 0.25) is 0 Å². The number of hydrogen-bond acceptors (Lipinski definition) is 2. The Balaban J connectivity index is 1.71. The Labute approximate surface area is 105 Å². The summed E-state index contributed by atoms with van der Waals surface area (Å²) >= 11 is 0. The highest BCUT2D eigenvalue weighted by atomic mass is 14.9. The van der Waals surface area contributed by atoms with E-state index < -0.39 is 0 Å². The third kappa shape index (κ3) is 3.81. The molecule has 2 heteroatoms. The first-order chi connectivity index (χ1) is 8.25. The van der Waals surface area contributed by atoms with E-state index in [9.17, 15) is 0 Å². The van der Waals surface area contributed by atoms with Crippen molar-refractivity contribution in [1.82, 2.24) is 10.3 Å². The Kier molecular flexibility index (Phi) is 4.55. The van der Waals surface area contributed by atoms with Crippen molar-refractivity contribution in [2.75, 3.05) is 6.54 Å². The second kappa shape index (κ2) is 6.15. The van der Waals surface area contributed by atoms with Gasteiger partial charge in [0.25, 0.3) is 0 Å². The molecular weight excluding hydrogens is 208 g/mol. The van der Waals surface area contributed by atoms with Gasteiger partial charge >= 0.3 is 0 Å². The van der Waals surface area contributed by atoms with E-state index in [1.807, 2.05) is 12.4 Å². The third-order valence-corrected chi connectivity index (χ3v) is 4.02. The molecule has 1 heterocycles. The fourth-order valence-electron chi connectivity index (χ4n) is 2.64. The molecule has 0 unspecified atom stereocenters. The predicted octanol–water partition coefficient (Wildman–Crippen LogP) is 3.31. The Hall–Kier alpha value is -0.890. The van der Waals surface area contributed by atoms with Crippen LogP contribution in [0.3, 0.4) is 0 Å². The lowest BCUT2D eigenvalue weighted by atomic mass is 9.83. The van der Waals surface area contributed by atoms with Crippen LogP contribution in [-0.2, 0) is 6.54 Å². The maximum absolute atomic E-state index is 4.12. The highest BCUT2D eigenvalue weighted by molar-refractivity contribution is 5.21. The smallest absolute Gasteiger partial charge is 0.0300 e. The molecule has 1 aliphatic carbocycles. The van der Waals surface area contributed by atoms with Gasteiger partial charge in [-0.1, -0.05) is 19.8 Å². The second-order valence-corrected chi connectivity index (χ2v) is 5.56. The molecule has 17 heavy (non-hydrogen) atoms. The van der Waals surface area contributed by atoms with Crippen LogP contribution in [0.4, 0.5) is 0 Å². The first-order valence-corrected chi connectivity index (χ1v) is 6.86. The van der Waals surface area contributed by atoms with Crippen LogP contribution in [0, 0.1) is 18.8 Å². The van der Waals surface area contributed by atoms with Crippen LogP contribution in [-0.4, -0.2) is 11.5 Å². The van der Waals surface area contributed by atoms with E-state index in [0.717, 1.165) is 18.4 Å².